The van der Waals surface area contributed by atoms with Crippen molar-refractivity contribution in [2.45, 2.75) is 52.2 Å². The molecule has 0 bridgehead atoms. The first-order valence-electron chi connectivity index (χ1n) is 11.7. The predicted molar refractivity (Wildman–Crippen MR) is 127 cm³/mol. The van der Waals surface area contributed by atoms with Crippen LogP contribution in [0.25, 0.3) is 0 Å². The summed E-state index contributed by atoms with van der Waals surface area (Å²) in [5.74, 6) is 1.57. The van der Waals surface area contributed by atoms with Crippen molar-refractivity contribution < 1.29 is 28.4 Å². The maximum absolute atomic E-state index is 6.06. The quantitative estimate of drug-likeness (QED) is 0.169. The summed E-state index contributed by atoms with van der Waals surface area (Å²) in [5, 5.41) is 0. The van der Waals surface area contributed by atoms with Crippen molar-refractivity contribution in [3.8, 4) is 11.5 Å². The average molecular weight is 449 g/mol. The van der Waals surface area contributed by atoms with Crippen LogP contribution in [0.15, 0.2) is 48.1 Å². The Balaban J connectivity index is 1.69. The van der Waals surface area contributed by atoms with Crippen LogP contribution in [0.1, 0.15) is 40.0 Å². The molecule has 1 aliphatic heterocycles. The fourth-order valence-electron chi connectivity index (χ4n) is 2.82. The number of hydrogen-bond acceptors (Lipinski definition) is 6. The average Bonchev–Trinajstić information content (AvgIpc) is 3.63. The second kappa shape index (κ2) is 16.7. The Labute approximate surface area is 193 Å². The van der Waals surface area contributed by atoms with Crippen molar-refractivity contribution in [2.24, 2.45) is 0 Å². The molecule has 1 aromatic carbocycles. The van der Waals surface area contributed by atoms with Gasteiger partial charge >= 0.3 is 0 Å². The minimum absolute atomic E-state index is 0.132. The van der Waals surface area contributed by atoms with Crippen molar-refractivity contribution >= 4 is 0 Å². The van der Waals surface area contributed by atoms with Crippen LogP contribution in [0.4, 0.5) is 0 Å². The summed E-state index contributed by atoms with van der Waals surface area (Å²) in [7, 11) is 0. The van der Waals surface area contributed by atoms with Crippen LogP contribution in [0.3, 0.4) is 0 Å². The molecule has 0 saturated carbocycles. The summed E-state index contributed by atoms with van der Waals surface area (Å²) in [4.78, 5) is 0. The number of ether oxygens (including phenoxy) is 6. The van der Waals surface area contributed by atoms with Crippen molar-refractivity contribution in [3.05, 3.63) is 48.1 Å². The molecule has 1 saturated heterocycles. The summed E-state index contributed by atoms with van der Waals surface area (Å²) >= 11 is 0. The van der Waals surface area contributed by atoms with Gasteiger partial charge in [0.1, 0.15) is 30.3 Å². The third kappa shape index (κ3) is 12.9. The van der Waals surface area contributed by atoms with Crippen molar-refractivity contribution in [1.82, 2.24) is 0 Å². The number of rotatable bonds is 19. The first-order valence-corrected chi connectivity index (χ1v) is 11.7. The summed E-state index contributed by atoms with van der Waals surface area (Å²) < 4.78 is 34.1. The third-order valence-corrected chi connectivity index (χ3v) is 4.86. The van der Waals surface area contributed by atoms with Crippen LogP contribution in [0, 0.1) is 0 Å². The van der Waals surface area contributed by atoms with E-state index in [2.05, 4.69) is 25.2 Å². The van der Waals surface area contributed by atoms with Crippen LogP contribution in [0.2, 0.25) is 0 Å². The molecule has 6 nitrogen and oxygen atoms in total. The van der Waals surface area contributed by atoms with Gasteiger partial charge in [-0.1, -0.05) is 29.9 Å². The first-order chi connectivity index (χ1) is 15.7. The van der Waals surface area contributed by atoms with Crippen LogP contribution < -0.4 is 9.47 Å². The summed E-state index contributed by atoms with van der Waals surface area (Å²) in [5.41, 5.74) is 1.25. The molecule has 1 fully saturated rings. The van der Waals surface area contributed by atoms with Crippen LogP contribution >= 0.6 is 0 Å². The highest BCUT2D eigenvalue weighted by Crippen LogP contribution is 2.19. The van der Waals surface area contributed by atoms with Crippen LogP contribution in [-0.4, -0.2) is 65.1 Å². The lowest BCUT2D eigenvalue weighted by Gasteiger charge is -2.19. The van der Waals surface area contributed by atoms with Crippen molar-refractivity contribution in [1.29, 1.82) is 0 Å². The van der Waals surface area contributed by atoms with E-state index in [1.54, 1.807) is 0 Å². The molecule has 1 heterocycles. The maximum Gasteiger partial charge on any atom is 0.123 e. The van der Waals surface area contributed by atoms with Gasteiger partial charge in [0.2, 0.25) is 0 Å². The number of allylic oxidation sites excluding steroid dienone is 3. The van der Waals surface area contributed by atoms with E-state index in [0.717, 1.165) is 44.0 Å². The number of unbranched alkanes of at least 4 members (excludes halogenated alkanes) is 1. The second-order valence-corrected chi connectivity index (χ2v) is 7.75. The summed E-state index contributed by atoms with van der Waals surface area (Å²) in [6.45, 7) is 11.2. The molecule has 0 aromatic heterocycles. The molecule has 0 spiro atoms. The molecule has 0 aliphatic carbocycles. The minimum atomic E-state index is -0.132. The maximum atomic E-state index is 6.06. The van der Waals surface area contributed by atoms with E-state index >= 15 is 0 Å². The zero-order valence-corrected chi connectivity index (χ0v) is 19.9. The number of benzene rings is 1. The van der Waals surface area contributed by atoms with Gasteiger partial charge in [0.05, 0.1) is 33.0 Å². The van der Waals surface area contributed by atoms with Crippen LogP contribution in [0.5, 0.6) is 11.5 Å². The van der Waals surface area contributed by atoms with Gasteiger partial charge in [-0.3, -0.25) is 0 Å². The zero-order chi connectivity index (χ0) is 22.9. The Morgan fingerprint density at radius 3 is 2.62 bits per heavy atom. The van der Waals surface area contributed by atoms with E-state index in [9.17, 15) is 0 Å². The van der Waals surface area contributed by atoms with Crippen molar-refractivity contribution in [2.75, 3.05) is 52.9 Å². The molecule has 32 heavy (non-hydrogen) atoms. The van der Waals surface area contributed by atoms with Gasteiger partial charge in [0.25, 0.3) is 0 Å². The van der Waals surface area contributed by atoms with Gasteiger partial charge in [-0.05, 0) is 52.2 Å². The normalized spacial score (nSPS) is 17.0. The van der Waals surface area contributed by atoms with E-state index in [1.165, 1.54) is 5.57 Å². The second-order valence-electron chi connectivity index (χ2n) is 7.75. The standard InChI is InChI=1S/C26H40O6/c1-4-22(3)11-6-7-14-27-18-25(30-16-9-8-15-28-19-26-21-32-26)20-31-24-13-10-12-23(17-24)29-5-2/h4,6,10-13,17,25-26H,5,7-9,14-16,18-21H2,1-3H3/b11-6-,22-4-. The highest BCUT2D eigenvalue weighted by atomic mass is 16.6. The van der Waals surface area contributed by atoms with Crippen molar-refractivity contribution in [3.63, 3.8) is 0 Å². The predicted octanol–water partition coefficient (Wildman–Crippen LogP) is 4.97. The Morgan fingerprint density at radius 2 is 1.88 bits per heavy atom. The topological polar surface area (TPSA) is 58.7 Å². The smallest absolute Gasteiger partial charge is 0.123 e. The van der Waals surface area contributed by atoms with Crippen LogP contribution in [-0.2, 0) is 18.9 Å². The molecule has 2 unspecified atom stereocenters. The molecule has 2 atom stereocenters. The molecule has 1 aromatic rings. The number of hydrogen-bond donors (Lipinski definition) is 0. The van der Waals surface area contributed by atoms with Gasteiger partial charge in [0, 0.05) is 19.3 Å². The Kier molecular flexibility index (Phi) is 13.8. The minimum Gasteiger partial charge on any atom is -0.494 e. The molecule has 0 N–H and O–H groups in total. The largest absolute Gasteiger partial charge is 0.494 e. The van der Waals surface area contributed by atoms with E-state index < -0.39 is 0 Å². The van der Waals surface area contributed by atoms with Gasteiger partial charge < -0.3 is 28.4 Å². The monoisotopic (exact) mass is 448 g/mol. The molecular weight excluding hydrogens is 408 g/mol. The Morgan fingerprint density at radius 1 is 1.09 bits per heavy atom. The lowest BCUT2D eigenvalue weighted by molar-refractivity contribution is -0.0387. The Bertz CT molecular complexity index is 668. The fraction of sp³-hybridized carbons (Fsp3) is 0.615. The molecule has 6 heteroatoms. The third-order valence-electron chi connectivity index (χ3n) is 4.86. The van der Waals surface area contributed by atoms with Gasteiger partial charge in [-0.15, -0.1) is 0 Å². The van der Waals surface area contributed by atoms with E-state index in [-0.39, 0.29) is 6.10 Å². The Hall–Kier alpha value is -1.86. The van der Waals surface area contributed by atoms with E-state index in [4.69, 9.17) is 28.4 Å². The zero-order valence-electron chi connectivity index (χ0n) is 19.9. The fourth-order valence-corrected chi connectivity index (χ4v) is 2.82. The highest BCUT2D eigenvalue weighted by Gasteiger charge is 2.21. The SMILES string of the molecule is C/C=C(C)\C=C/CCOCC(COc1cccc(OCC)c1)OCCCCOCC1CO1. The lowest BCUT2D eigenvalue weighted by atomic mass is 10.2. The summed E-state index contributed by atoms with van der Waals surface area (Å²) in [6.07, 6.45) is 9.30. The van der Waals surface area contributed by atoms with E-state index in [1.807, 2.05) is 38.1 Å². The lowest BCUT2D eigenvalue weighted by Crippen LogP contribution is -2.28. The first kappa shape index (κ1) is 26.4. The number of epoxide rings is 1. The van der Waals surface area contributed by atoms with E-state index in [0.29, 0.717) is 45.7 Å². The molecule has 0 radical (unpaired) electrons. The molecular formula is C26H40O6. The molecule has 180 valence electrons. The molecule has 0 amide bonds. The molecule has 2 rings (SSSR count). The molecule has 1 aliphatic rings. The highest BCUT2D eigenvalue weighted by molar-refractivity contribution is 5.32. The summed E-state index contributed by atoms with van der Waals surface area (Å²) in [6, 6.07) is 7.68. The van der Waals surface area contributed by atoms with Gasteiger partial charge in [0.15, 0.2) is 0 Å². The van der Waals surface area contributed by atoms with Gasteiger partial charge in [-0.2, -0.15) is 0 Å². The van der Waals surface area contributed by atoms with Gasteiger partial charge in [-0.25, -0.2) is 0 Å².